The molecule has 2 aromatic carbocycles. The van der Waals surface area contributed by atoms with Crippen molar-refractivity contribution >= 4 is 34.2 Å². The molecule has 2 aromatic heterocycles. The first-order valence-corrected chi connectivity index (χ1v) is 11.0. The molecule has 0 bridgehead atoms. The average molecular weight is 440 g/mol. The van der Waals surface area contributed by atoms with E-state index in [9.17, 15) is 9.59 Å². The number of nitrogens with one attached hydrogen (secondary N) is 2. The van der Waals surface area contributed by atoms with Gasteiger partial charge in [0, 0.05) is 48.8 Å². The fraction of sp³-hybridized carbons (Fsp3) is 0.192. The number of pyridine rings is 1. The number of anilines is 2. The number of aromatic nitrogens is 2. The summed E-state index contributed by atoms with van der Waals surface area (Å²) in [6, 6.07) is 20.8. The number of rotatable bonds is 4. The molecule has 4 aromatic rings. The van der Waals surface area contributed by atoms with E-state index in [1.54, 1.807) is 18.3 Å². The molecule has 2 N–H and O–H groups in total. The van der Waals surface area contributed by atoms with Gasteiger partial charge in [-0.3, -0.25) is 9.59 Å². The largest absolute Gasteiger partial charge is 0.353 e. The quantitative estimate of drug-likeness (QED) is 0.502. The van der Waals surface area contributed by atoms with Crippen molar-refractivity contribution in [1.29, 1.82) is 0 Å². The molecule has 7 heteroatoms. The molecular weight excluding hydrogens is 414 g/mol. The second-order valence-electron chi connectivity index (χ2n) is 8.21. The molecule has 1 fully saturated rings. The maximum absolute atomic E-state index is 13.5. The maximum atomic E-state index is 13.5. The highest BCUT2D eigenvalue weighted by Crippen LogP contribution is 2.29. The van der Waals surface area contributed by atoms with Crippen LogP contribution in [0.1, 0.15) is 26.4 Å². The van der Waals surface area contributed by atoms with E-state index < -0.39 is 0 Å². The molecule has 0 radical (unpaired) electrons. The highest BCUT2D eigenvalue weighted by atomic mass is 16.2. The summed E-state index contributed by atoms with van der Waals surface area (Å²) in [6.07, 6.45) is 1.78. The Morgan fingerprint density at radius 3 is 2.36 bits per heavy atom. The van der Waals surface area contributed by atoms with Gasteiger partial charge in [0.2, 0.25) is 0 Å². The standard InChI is InChI=1S/C26H25N5O2/c1-18-9-11-19(12-10-18)25(32)29-23-20-6-2-3-7-21(20)28-24(23)26(33)31-16-14-30(15-17-31)22-8-4-5-13-27-22/h2-13,28H,14-17H2,1H3,(H,29,32). The normalized spacial score (nSPS) is 13.8. The lowest BCUT2D eigenvalue weighted by Crippen LogP contribution is -2.49. The zero-order valence-electron chi connectivity index (χ0n) is 18.4. The second kappa shape index (κ2) is 8.78. The Morgan fingerprint density at radius 2 is 1.64 bits per heavy atom. The van der Waals surface area contributed by atoms with Crippen LogP contribution in [-0.2, 0) is 0 Å². The topological polar surface area (TPSA) is 81.3 Å². The lowest BCUT2D eigenvalue weighted by Gasteiger charge is -2.35. The van der Waals surface area contributed by atoms with Crippen LogP contribution in [0.2, 0.25) is 0 Å². The van der Waals surface area contributed by atoms with Gasteiger partial charge in [-0.2, -0.15) is 0 Å². The number of aromatic amines is 1. The van der Waals surface area contributed by atoms with Crippen LogP contribution in [0.15, 0.2) is 72.9 Å². The van der Waals surface area contributed by atoms with Gasteiger partial charge in [-0.25, -0.2) is 4.98 Å². The molecule has 0 saturated carbocycles. The number of hydrogen-bond donors (Lipinski definition) is 2. The Hall–Kier alpha value is -4.13. The summed E-state index contributed by atoms with van der Waals surface area (Å²) in [6.45, 7) is 4.54. The van der Waals surface area contributed by atoms with Gasteiger partial charge in [-0.1, -0.05) is 42.0 Å². The summed E-state index contributed by atoms with van der Waals surface area (Å²) in [7, 11) is 0. The number of fused-ring (bicyclic) bond motifs is 1. The molecule has 1 aliphatic rings. The van der Waals surface area contributed by atoms with Gasteiger partial charge < -0.3 is 20.1 Å². The second-order valence-corrected chi connectivity index (χ2v) is 8.21. The number of carbonyl (C=O) groups excluding carboxylic acids is 2. The molecule has 0 spiro atoms. The summed E-state index contributed by atoms with van der Waals surface area (Å²) in [4.78, 5) is 38.1. The molecule has 0 aliphatic carbocycles. The summed E-state index contributed by atoms with van der Waals surface area (Å²) in [5.41, 5.74) is 3.37. The minimum atomic E-state index is -0.242. The van der Waals surface area contributed by atoms with E-state index in [0.717, 1.165) is 22.3 Å². The summed E-state index contributed by atoms with van der Waals surface area (Å²) < 4.78 is 0. The first kappa shape index (κ1) is 20.8. The van der Waals surface area contributed by atoms with Crippen LogP contribution in [0.3, 0.4) is 0 Å². The molecule has 3 heterocycles. The van der Waals surface area contributed by atoms with Crippen LogP contribution in [0.5, 0.6) is 0 Å². The van der Waals surface area contributed by atoms with Crippen LogP contribution in [0, 0.1) is 6.92 Å². The van der Waals surface area contributed by atoms with Gasteiger partial charge in [0.1, 0.15) is 11.5 Å². The molecule has 7 nitrogen and oxygen atoms in total. The Bertz CT molecular complexity index is 1290. The van der Waals surface area contributed by atoms with Crippen molar-refractivity contribution in [3.63, 3.8) is 0 Å². The fourth-order valence-corrected chi connectivity index (χ4v) is 4.16. The highest BCUT2D eigenvalue weighted by molar-refractivity contribution is 6.15. The summed E-state index contributed by atoms with van der Waals surface area (Å²) in [5.74, 6) is 0.557. The SMILES string of the molecule is Cc1ccc(C(=O)Nc2c(C(=O)N3CCN(c4ccccn4)CC3)[nH]c3ccccc23)cc1. The highest BCUT2D eigenvalue weighted by Gasteiger charge is 2.27. The van der Waals surface area contributed by atoms with Crippen molar-refractivity contribution in [2.45, 2.75) is 6.92 Å². The lowest BCUT2D eigenvalue weighted by molar-refractivity contribution is 0.0742. The average Bonchev–Trinajstić information content (AvgIpc) is 3.23. The Morgan fingerprint density at radius 1 is 0.909 bits per heavy atom. The van der Waals surface area contributed by atoms with Gasteiger partial charge in [-0.15, -0.1) is 0 Å². The molecule has 33 heavy (non-hydrogen) atoms. The van der Waals surface area contributed by atoms with Crippen LogP contribution in [-0.4, -0.2) is 52.9 Å². The smallest absolute Gasteiger partial charge is 0.272 e. The Balaban J connectivity index is 1.39. The third-order valence-corrected chi connectivity index (χ3v) is 6.01. The lowest BCUT2D eigenvalue weighted by atomic mass is 10.1. The minimum absolute atomic E-state index is 0.119. The third-order valence-electron chi connectivity index (χ3n) is 6.01. The van der Waals surface area contributed by atoms with Crippen molar-refractivity contribution in [3.8, 4) is 0 Å². The molecule has 0 atom stereocenters. The molecule has 166 valence electrons. The number of aryl methyl sites for hydroxylation is 1. The maximum Gasteiger partial charge on any atom is 0.272 e. The molecule has 5 rings (SSSR count). The zero-order chi connectivity index (χ0) is 22.8. The zero-order valence-corrected chi connectivity index (χ0v) is 18.4. The van der Waals surface area contributed by atoms with Crippen molar-refractivity contribution in [1.82, 2.24) is 14.9 Å². The monoisotopic (exact) mass is 439 g/mol. The predicted octanol–water partition coefficient (Wildman–Crippen LogP) is 4.09. The van der Waals surface area contributed by atoms with Crippen LogP contribution in [0.25, 0.3) is 10.9 Å². The van der Waals surface area contributed by atoms with Crippen molar-refractivity contribution < 1.29 is 9.59 Å². The van der Waals surface area contributed by atoms with Gasteiger partial charge in [0.25, 0.3) is 11.8 Å². The molecule has 1 saturated heterocycles. The van der Waals surface area contributed by atoms with E-state index >= 15 is 0 Å². The summed E-state index contributed by atoms with van der Waals surface area (Å²) in [5, 5.41) is 3.80. The van der Waals surface area contributed by atoms with Crippen molar-refractivity contribution in [2.75, 3.05) is 36.4 Å². The number of hydrogen-bond acceptors (Lipinski definition) is 4. The Labute approximate surface area is 192 Å². The van der Waals surface area contributed by atoms with E-state index in [1.807, 2.05) is 66.4 Å². The fourth-order valence-electron chi connectivity index (χ4n) is 4.16. The first-order chi connectivity index (χ1) is 16.1. The van der Waals surface area contributed by atoms with E-state index in [2.05, 4.69) is 20.2 Å². The van der Waals surface area contributed by atoms with Gasteiger partial charge in [0.05, 0.1) is 5.69 Å². The summed E-state index contributed by atoms with van der Waals surface area (Å²) >= 11 is 0. The first-order valence-electron chi connectivity index (χ1n) is 11.0. The Kier molecular flexibility index (Phi) is 5.52. The molecule has 1 aliphatic heterocycles. The number of nitrogens with zero attached hydrogens (tertiary/aromatic N) is 3. The van der Waals surface area contributed by atoms with Gasteiger partial charge >= 0.3 is 0 Å². The number of carbonyl (C=O) groups is 2. The number of piperazine rings is 1. The molecule has 0 unspecified atom stereocenters. The van der Waals surface area contributed by atoms with E-state index in [-0.39, 0.29) is 11.8 Å². The van der Waals surface area contributed by atoms with Gasteiger partial charge in [0.15, 0.2) is 0 Å². The minimum Gasteiger partial charge on any atom is -0.353 e. The number of amides is 2. The van der Waals surface area contributed by atoms with Gasteiger partial charge in [-0.05, 0) is 37.3 Å². The van der Waals surface area contributed by atoms with E-state index in [0.29, 0.717) is 43.1 Å². The van der Waals surface area contributed by atoms with E-state index in [4.69, 9.17) is 0 Å². The molecule has 2 amide bonds. The van der Waals surface area contributed by atoms with Crippen LogP contribution in [0.4, 0.5) is 11.5 Å². The number of para-hydroxylation sites is 1. The predicted molar refractivity (Wildman–Crippen MR) is 130 cm³/mol. The van der Waals surface area contributed by atoms with E-state index in [1.165, 1.54) is 0 Å². The molecular formula is C26H25N5O2. The third kappa shape index (κ3) is 4.17. The number of H-pyrrole nitrogens is 1. The van der Waals surface area contributed by atoms with Crippen LogP contribution >= 0.6 is 0 Å². The van der Waals surface area contributed by atoms with Crippen molar-refractivity contribution in [3.05, 3.63) is 89.7 Å². The number of benzene rings is 2. The van der Waals surface area contributed by atoms with Crippen LogP contribution < -0.4 is 10.2 Å². The van der Waals surface area contributed by atoms with Crippen molar-refractivity contribution in [2.24, 2.45) is 0 Å².